The van der Waals surface area contributed by atoms with Crippen LogP contribution in [0.3, 0.4) is 0 Å². The molecule has 1 amide bonds. The molecule has 0 aliphatic carbocycles. The Morgan fingerprint density at radius 3 is 2.55 bits per heavy atom. The minimum absolute atomic E-state index is 0.00526. The smallest absolute Gasteiger partial charge is 0.336 e. The minimum atomic E-state index is -1.01. The Bertz CT molecular complexity index is 1110. The summed E-state index contributed by atoms with van der Waals surface area (Å²) in [5, 5.41) is 0. The van der Waals surface area contributed by atoms with Crippen LogP contribution in [0.25, 0.3) is 0 Å². The predicted octanol–water partition coefficient (Wildman–Crippen LogP) is 4.50. The molecule has 0 fully saturated rings. The molecule has 0 radical (unpaired) electrons. The third-order valence-corrected chi connectivity index (χ3v) is 5.51. The first kappa shape index (κ1) is 24.0. The van der Waals surface area contributed by atoms with E-state index < -0.39 is 23.5 Å². The third kappa shape index (κ3) is 5.05. The van der Waals surface area contributed by atoms with E-state index in [1.54, 1.807) is 25.1 Å². The number of amides is 1. The maximum atomic E-state index is 13.7. The number of nitrogens with zero attached hydrogens (tertiary/aromatic N) is 1. The van der Waals surface area contributed by atoms with Gasteiger partial charge in [0, 0.05) is 23.6 Å². The summed E-state index contributed by atoms with van der Waals surface area (Å²) in [4.78, 5) is 27.6. The molecule has 1 unspecified atom stereocenters. The van der Waals surface area contributed by atoms with Crippen LogP contribution in [-0.2, 0) is 20.9 Å². The summed E-state index contributed by atoms with van der Waals surface area (Å²) in [6.07, 6.45) is 1.39. The van der Waals surface area contributed by atoms with Crippen LogP contribution in [-0.4, -0.2) is 37.6 Å². The van der Waals surface area contributed by atoms with Crippen molar-refractivity contribution in [1.29, 1.82) is 0 Å². The molecule has 1 aliphatic heterocycles. The summed E-state index contributed by atoms with van der Waals surface area (Å²) in [6.45, 7) is 5.16. The van der Waals surface area contributed by atoms with Crippen molar-refractivity contribution in [2.75, 3.05) is 20.8 Å². The third-order valence-electron chi connectivity index (χ3n) is 5.51. The van der Waals surface area contributed by atoms with Crippen molar-refractivity contribution in [2.24, 2.45) is 0 Å². The molecule has 0 aromatic heterocycles. The zero-order chi connectivity index (χ0) is 24.1. The fraction of sp³-hybridized carbons (Fsp3) is 0.280. The summed E-state index contributed by atoms with van der Waals surface area (Å²) < 4.78 is 43.2. The van der Waals surface area contributed by atoms with Crippen LogP contribution in [0.2, 0.25) is 0 Å². The first-order valence-electron chi connectivity index (χ1n) is 10.3. The van der Waals surface area contributed by atoms with Gasteiger partial charge in [0.2, 0.25) is 5.91 Å². The molecule has 0 N–H and O–H groups in total. The van der Waals surface area contributed by atoms with Gasteiger partial charge in [0.25, 0.3) is 0 Å². The second-order valence-corrected chi connectivity index (χ2v) is 7.48. The van der Waals surface area contributed by atoms with E-state index >= 15 is 0 Å². The molecular weight excluding hydrogens is 432 g/mol. The Hall–Kier alpha value is -3.68. The number of ether oxygens (including phenoxy) is 3. The van der Waals surface area contributed by atoms with Crippen molar-refractivity contribution < 1.29 is 32.6 Å². The fourth-order valence-electron chi connectivity index (χ4n) is 3.88. The molecule has 174 valence electrons. The normalized spacial score (nSPS) is 16.0. The summed E-state index contributed by atoms with van der Waals surface area (Å²) in [5.41, 5.74) is 1.62. The monoisotopic (exact) mass is 457 g/mol. The lowest BCUT2D eigenvalue weighted by atomic mass is 9.83. The van der Waals surface area contributed by atoms with Gasteiger partial charge in [0.15, 0.2) is 11.6 Å². The van der Waals surface area contributed by atoms with Crippen molar-refractivity contribution in [1.82, 2.24) is 4.90 Å². The highest BCUT2D eigenvalue weighted by Crippen LogP contribution is 2.42. The number of esters is 1. The van der Waals surface area contributed by atoms with Gasteiger partial charge in [0.1, 0.15) is 18.1 Å². The SMILES string of the molecule is C=CCOC(=O)C1=C(C)N(Cc2ccc(F)c(F)c2)C(=O)CC1c1cc(OC)ccc1OC. The van der Waals surface area contributed by atoms with Gasteiger partial charge in [0.05, 0.1) is 26.3 Å². The quantitative estimate of drug-likeness (QED) is 0.431. The molecule has 1 heterocycles. The van der Waals surface area contributed by atoms with Crippen molar-refractivity contribution in [2.45, 2.75) is 25.8 Å². The number of carbonyl (C=O) groups is 2. The van der Waals surface area contributed by atoms with Gasteiger partial charge < -0.3 is 19.1 Å². The fourth-order valence-corrected chi connectivity index (χ4v) is 3.88. The molecule has 2 aromatic carbocycles. The number of carbonyl (C=O) groups excluding carboxylic acids is 2. The van der Waals surface area contributed by atoms with Gasteiger partial charge in [-0.2, -0.15) is 0 Å². The van der Waals surface area contributed by atoms with E-state index in [9.17, 15) is 18.4 Å². The largest absolute Gasteiger partial charge is 0.497 e. The molecule has 2 aromatic rings. The van der Waals surface area contributed by atoms with Crippen molar-refractivity contribution in [3.63, 3.8) is 0 Å². The van der Waals surface area contributed by atoms with E-state index in [1.165, 1.54) is 31.3 Å². The second kappa shape index (κ2) is 10.3. The Balaban J connectivity index is 2.10. The molecule has 1 aliphatic rings. The van der Waals surface area contributed by atoms with Gasteiger partial charge in [-0.3, -0.25) is 4.79 Å². The molecule has 0 spiro atoms. The Morgan fingerprint density at radius 2 is 1.91 bits per heavy atom. The molecule has 3 rings (SSSR count). The molecule has 0 saturated carbocycles. The van der Waals surface area contributed by atoms with Crippen LogP contribution in [0.1, 0.15) is 30.4 Å². The molecule has 1 atom stereocenters. The first-order chi connectivity index (χ1) is 15.8. The Morgan fingerprint density at radius 1 is 1.15 bits per heavy atom. The summed E-state index contributed by atoms with van der Waals surface area (Å²) in [7, 11) is 3.01. The van der Waals surface area contributed by atoms with Crippen LogP contribution in [0, 0.1) is 11.6 Å². The summed E-state index contributed by atoms with van der Waals surface area (Å²) in [6, 6.07) is 8.56. The van der Waals surface area contributed by atoms with Gasteiger partial charge in [-0.15, -0.1) is 0 Å². The van der Waals surface area contributed by atoms with E-state index in [0.29, 0.717) is 28.3 Å². The molecule has 8 heteroatoms. The van der Waals surface area contributed by atoms with Gasteiger partial charge in [-0.25, -0.2) is 13.6 Å². The number of halogens is 2. The second-order valence-electron chi connectivity index (χ2n) is 7.48. The number of rotatable bonds is 8. The van der Waals surface area contributed by atoms with Crippen molar-refractivity contribution in [3.8, 4) is 11.5 Å². The molecule has 33 heavy (non-hydrogen) atoms. The highest BCUT2D eigenvalue weighted by molar-refractivity contribution is 5.96. The standard InChI is InChI=1S/C25H25F2NO5/c1-5-10-33-25(30)24-15(2)28(14-16-6-8-20(26)21(27)11-16)23(29)13-19(24)18-12-17(31-3)7-9-22(18)32-4/h5-9,11-12,19H,1,10,13-14H2,2-4H3. The maximum Gasteiger partial charge on any atom is 0.336 e. The number of allylic oxidation sites excluding steroid dienone is 1. The van der Waals surface area contributed by atoms with Crippen LogP contribution < -0.4 is 9.47 Å². The average molecular weight is 457 g/mol. The van der Waals surface area contributed by atoms with Crippen molar-refractivity contribution >= 4 is 11.9 Å². The van der Waals surface area contributed by atoms with Crippen LogP contribution >= 0.6 is 0 Å². The number of hydrogen-bond acceptors (Lipinski definition) is 5. The topological polar surface area (TPSA) is 65.1 Å². The Kier molecular flexibility index (Phi) is 7.48. The predicted molar refractivity (Wildman–Crippen MR) is 118 cm³/mol. The molecular formula is C25H25F2NO5. The number of hydrogen-bond donors (Lipinski definition) is 0. The lowest BCUT2D eigenvalue weighted by Gasteiger charge is -2.35. The zero-order valence-corrected chi connectivity index (χ0v) is 18.7. The van der Waals surface area contributed by atoms with Crippen molar-refractivity contribution in [3.05, 3.63) is 83.1 Å². The first-order valence-corrected chi connectivity index (χ1v) is 10.3. The molecule has 6 nitrogen and oxygen atoms in total. The van der Waals surface area contributed by atoms with E-state index in [0.717, 1.165) is 12.1 Å². The molecule has 0 bridgehead atoms. The maximum absolute atomic E-state index is 13.7. The van der Waals surface area contributed by atoms with Gasteiger partial charge >= 0.3 is 5.97 Å². The highest BCUT2D eigenvalue weighted by Gasteiger charge is 2.38. The average Bonchev–Trinajstić information content (AvgIpc) is 2.81. The van der Waals surface area contributed by atoms with E-state index in [-0.39, 0.29) is 31.1 Å². The van der Waals surface area contributed by atoms with Gasteiger partial charge in [-0.05, 0) is 42.8 Å². The summed E-state index contributed by atoms with van der Waals surface area (Å²) in [5.74, 6) is -2.50. The van der Waals surface area contributed by atoms with Crippen LogP contribution in [0.4, 0.5) is 8.78 Å². The Labute approximate surface area is 191 Å². The summed E-state index contributed by atoms with van der Waals surface area (Å²) >= 11 is 0. The lowest BCUT2D eigenvalue weighted by molar-refractivity contribution is -0.139. The van der Waals surface area contributed by atoms with Crippen LogP contribution in [0.15, 0.2) is 60.3 Å². The van der Waals surface area contributed by atoms with Gasteiger partial charge in [-0.1, -0.05) is 18.7 Å². The zero-order valence-electron chi connectivity index (χ0n) is 18.7. The number of methoxy groups -OCH3 is 2. The molecule has 0 saturated heterocycles. The number of benzene rings is 2. The van der Waals surface area contributed by atoms with E-state index in [2.05, 4.69) is 6.58 Å². The van der Waals surface area contributed by atoms with E-state index in [4.69, 9.17) is 14.2 Å². The minimum Gasteiger partial charge on any atom is -0.497 e. The van der Waals surface area contributed by atoms with Crippen LogP contribution in [0.5, 0.6) is 11.5 Å². The lowest BCUT2D eigenvalue weighted by Crippen LogP contribution is -2.38. The highest BCUT2D eigenvalue weighted by atomic mass is 19.2. The van der Waals surface area contributed by atoms with E-state index in [1.807, 2.05) is 0 Å².